The highest BCUT2D eigenvalue weighted by Gasteiger charge is 2.01. The summed E-state index contributed by atoms with van der Waals surface area (Å²) < 4.78 is 1.43. The molecule has 14 heavy (non-hydrogen) atoms. The van der Waals surface area contributed by atoms with Crippen LogP contribution in [0.15, 0.2) is 34.4 Å². The van der Waals surface area contributed by atoms with Gasteiger partial charge < -0.3 is 4.57 Å². The third kappa shape index (κ3) is 1.19. The summed E-state index contributed by atoms with van der Waals surface area (Å²) in [5.74, 6) is 0. The quantitative estimate of drug-likeness (QED) is 0.635. The molecule has 70 valence electrons. The van der Waals surface area contributed by atoms with E-state index in [9.17, 15) is 9.70 Å². The van der Waals surface area contributed by atoms with Crippen LogP contribution in [0.5, 0.6) is 0 Å². The molecule has 2 rings (SSSR count). The molecule has 5 heteroatoms. The maximum atomic E-state index is 11.2. The summed E-state index contributed by atoms with van der Waals surface area (Å²) in [5.41, 5.74) is 1.36. The lowest BCUT2D eigenvalue weighted by Crippen LogP contribution is -2.16. The molecular formula is C9H7N3O2. The van der Waals surface area contributed by atoms with Gasteiger partial charge in [-0.25, -0.2) is 4.98 Å². The van der Waals surface area contributed by atoms with E-state index in [1.165, 1.54) is 16.8 Å². The first kappa shape index (κ1) is 8.55. The topological polar surface area (TPSA) is 64.3 Å². The lowest BCUT2D eigenvalue weighted by atomic mass is 10.2. The van der Waals surface area contributed by atoms with Crippen LogP contribution in [0.3, 0.4) is 0 Å². The van der Waals surface area contributed by atoms with E-state index in [2.05, 4.69) is 10.2 Å². The highest BCUT2D eigenvalue weighted by atomic mass is 16.3. The zero-order valence-electron chi connectivity index (χ0n) is 7.47. The molecule has 0 aliphatic heterocycles. The van der Waals surface area contributed by atoms with Crippen molar-refractivity contribution in [2.45, 2.75) is 0 Å². The number of aromatic nitrogens is 2. The summed E-state index contributed by atoms with van der Waals surface area (Å²) in [6.45, 7) is 0. The third-order valence-electron chi connectivity index (χ3n) is 2.07. The van der Waals surface area contributed by atoms with Gasteiger partial charge in [0, 0.05) is 7.05 Å². The van der Waals surface area contributed by atoms with Gasteiger partial charge in [-0.2, -0.15) is 0 Å². The van der Waals surface area contributed by atoms with Crippen LogP contribution in [0.25, 0.3) is 11.0 Å². The first-order chi connectivity index (χ1) is 6.72. The number of aryl methyl sites for hydroxylation is 1. The molecule has 0 amide bonds. The van der Waals surface area contributed by atoms with Crippen molar-refractivity contribution < 1.29 is 0 Å². The predicted molar refractivity (Wildman–Crippen MR) is 52.4 cm³/mol. The fourth-order valence-corrected chi connectivity index (χ4v) is 1.28. The minimum Gasteiger partial charge on any atom is -0.308 e. The van der Waals surface area contributed by atoms with Gasteiger partial charge in [-0.3, -0.25) is 4.79 Å². The Morgan fingerprint density at radius 2 is 2.21 bits per heavy atom. The molecule has 0 aliphatic carbocycles. The van der Waals surface area contributed by atoms with Crippen molar-refractivity contribution in [3.8, 4) is 0 Å². The summed E-state index contributed by atoms with van der Waals surface area (Å²) in [6, 6.07) is 4.76. The second-order valence-corrected chi connectivity index (χ2v) is 2.92. The normalized spacial score (nSPS) is 10.4. The molecule has 0 aliphatic rings. The Bertz CT molecular complexity index is 559. The van der Waals surface area contributed by atoms with Crippen molar-refractivity contribution in [3.63, 3.8) is 0 Å². The van der Waals surface area contributed by atoms with Crippen molar-refractivity contribution in [1.82, 2.24) is 9.55 Å². The second-order valence-electron chi connectivity index (χ2n) is 2.92. The van der Waals surface area contributed by atoms with Gasteiger partial charge in [0.05, 0.1) is 17.2 Å². The van der Waals surface area contributed by atoms with Crippen LogP contribution in [0.1, 0.15) is 0 Å². The fourth-order valence-electron chi connectivity index (χ4n) is 1.28. The lowest BCUT2D eigenvalue weighted by molar-refractivity contribution is 0.892. The number of nitroso groups, excluding NO2 is 1. The molecule has 2 aromatic rings. The standard InChI is InChI=1S/C9H7N3O2/c1-12-8-4-6(11-14)2-3-7(8)10-5-9(12)13/h2-5H,1H3. The van der Waals surface area contributed by atoms with Crippen molar-refractivity contribution in [2.24, 2.45) is 12.2 Å². The number of rotatable bonds is 1. The van der Waals surface area contributed by atoms with Crippen LogP contribution in [0, 0.1) is 4.91 Å². The average molecular weight is 189 g/mol. The predicted octanol–water partition coefficient (Wildman–Crippen LogP) is 1.33. The average Bonchev–Trinajstić information content (AvgIpc) is 2.23. The Morgan fingerprint density at radius 3 is 2.93 bits per heavy atom. The molecule has 0 unspecified atom stereocenters. The minimum absolute atomic E-state index is 0.208. The number of hydrogen-bond acceptors (Lipinski definition) is 4. The molecular weight excluding hydrogens is 182 g/mol. The summed E-state index contributed by atoms with van der Waals surface area (Å²) >= 11 is 0. The van der Waals surface area contributed by atoms with Crippen LogP contribution < -0.4 is 5.56 Å². The molecule has 0 atom stereocenters. The maximum Gasteiger partial charge on any atom is 0.269 e. The van der Waals surface area contributed by atoms with E-state index in [-0.39, 0.29) is 5.56 Å². The van der Waals surface area contributed by atoms with Crippen molar-refractivity contribution in [1.29, 1.82) is 0 Å². The van der Waals surface area contributed by atoms with Crippen LogP contribution in [0.2, 0.25) is 0 Å². The maximum absolute atomic E-state index is 11.2. The minimum atomic E-state index is -0.208. The SMILES string of the molecule is Cn1c(=O)cnc2ccc(N=O)cc21. The molecule has 0 fully saturated rings. The number of nitrogens with zero attached hydrogens (tertiary/aromatic N) is 3. The molecule has 1 aromatic carbocycles. The second kappa shape index (κ2) is 3.02. The van der Waals surface area contributed by atoms with Gasteiger partial charge in [-0.15, -0.1) is 4.91 Å². The summed E-state index contributed by atoms with van der Waals surface area (Å²) in [5, 5.41) is 2.80. The van der Waals surface area contributed by atoms with E-state index in [4.69, 9.17) is 0 Å². The van der Waals surface area contributed by atoms with E-state index in [1.54, 1.807) is 19.2 Å². The summed E-state index contributed by atoms with van der Waals surface area (Å²) in [7, 11) is 1.63. The third-order valence-corrected chi connectivity index (χ3v) is 2.07. The molecule has 0 saturated heterocycles. The molecule has 5 nitrogen and oxygen atoms in total. The lowest BCUT2D eigenvalue weighted by Gasteiger charge is -2.02. The fraction of sp³-hybridized carbons (Fsp3) is 0.111. The van der Waals surface area contributed by atoms with Crippen LogP contribution in [-0.4, -0.2) is 9.55 Å². The summed E-state index contributed by atoms with van der Waals surface area (Å²) in [6.07, 6.45) is 1.25. The van der Waals surface area contributed by atoms with Gasteiger partial charge >= 0.3 is 0 Å². The zero-order valence-corrected chi connectivity index (χ0v) is 7.47. The molecule has 0 spiro atoms. The van der Waals surface area contributed by atoms with Gasteiger partial charge in [-0.1, -0.05) is 0 Å². The molecule has 0 radical (unpaired) electrons. The summed E-state index contributed by atoms with van der Waals surface area (Å²) in [4.78, 5) is 25.5. The Hall–Kier alpha value is -2.04. The Balaban J connectivity index is 2.91. The Labute approximate surface area is 79.0 Å². The van der Waals surface area contributed by atoms with E-state index in [0.29, 0.717) is 16.7 Å². The van der Waals surface area contributed by atoms with Crippen LogP contribution in [0.4, 0.5) is 5.69 Å². The van der Waals surface area contributed by atoms with Crippen molar-refractivity contribution in [3.05, 3.63) is 39.7 Å². The smallest absolute Gasteiger partial charge is 0.269 e. The van der Waals surface area contributed by atoms with Gasteiger partial charge in [-0.05, 0) is 23.4 Å². The highest BCUT2D eigenvalue weighted by Crippen LogP contribution is 2.17. The number of benzene rings is 1. The van der Waals surface area contributed by atoms with Gasteiger partial charge in [0.1, 0.15) is 5.69 Å². The van der Waals surface area contributed by atoms with Crippen LogP contribution in [-0.2, 0) is 7.05 Å². The Morgan fingerprint density at radius 1 is 1.43 bits per heavy atom. The van der Waals surface area contributed by atoms with Crippen molar-refractivity contribution in [2.75, 3.05) is 0 Å². The zero-order chi connectivity index (χ0) is 10.1. The first-order valence-corrected chi connectivity index (χ1v) is 4.01. The molecule has 1 aromatic heterocycles. The van der Waals surface area contributed by atoms with E-state index in [1.807, 2.05) is 0 Å². The number of fused-ring (bicyclic) bond motifs is 1. The first-order valence-electron chi connectivity index (χ1n) is 4.01. The molecule has 0 bridgehead atoms. The number of hydrogen-bond donors (Lipinski definition) is 0. The van der Waals surface area contributed by atoms with E-state index in [0.717, 1.165) is 0 Å². The molecule has 0 saturated carbocycles. The molecule has 0 N–H and O–H groups in total. The van der Waals surface area contributed by atoms with Crippen LogP contribution >= 0.6 is 0 Å². The van der Waals surface area contributed by atoms with E-state index >= 15 is 0 Å². The van der Waals surface area contributed by atoms with Gasteiger partial charge in [0.25, 0.3) is 5.56 Å². The van der Waals surface area contributed by atoms with E-state index < -0.39 is 0 Å². The molecule has 1 heterocycles. The highest BCUT2D eigenvalue weighted by molar-refractivity contribution is 5.77. The monoisotopic (exact) mass is 189 g/mol. The van der Waals surface area contributed by atoms with Gasteiger partial charge in [0.15, 0.2) is 0 Å². The van der Waals surface area contributed by atoms with Gasteiger partial charge in [0.2, 0.25) is 0 Å². The largest absolute Gasteiger partial charge is 0.308 e. The Kier molecular flexibility index (Phi) is 1.85. The van der Waals surface area contributed by atoms with Crippen molar-refractivity contribution >= 4 is 16.7 Å².